The number of anilines is 1. The Morgan fingerprint density at radius 1 is 1.19 bits per heavy atom. The van der Waals surface area contributed by atoms with Gasteiger partial charge in [-0.25, -0.2) is 9.97 Å². The zero-order valence-corrected chi connectivity index (χ0v) is 12.6. The molecule has 0 radical (unpaired) electrons. The average Bonchev–Trinajstić information content (AvgIpc) is 2.97. The maximum absolute atomic E-state index is 10.6. The Hall–Kier alpha value is -1.98. The van der Waals surface area contributed by atoms with Crippen LogP contribution in [0.3, 0.4) is 0 Å². The minimum absolute atomic E-state index is 0.604. The van der Waals surface area contributed by atoms with E-state index in [0.29, 0.717) is 13.0 Å². The van der Waals surface area contributed by atoms with Crippen molar-refractivity contribution in [1.29, 1.82) is 0 Å². The lowest BCUT2D eigenvalue weighted by molar-refractivity contribution is 0.0515. The van der Waals surface area contributed by atoms with Gasteiger partial charge >= 0.3 is 0 Å². The molecule has 0 saturated carbocycles. The van der Waals surface area contributed by atoms with Crippen molar-refractivity contribution < 1.29 is 5.11 Å². The maximum atomic E-state index is 10.6. The van der Waals surface area contributed by atoms with E-state index in [-0.39, 0.29) is 0 Å². The van der Waals surface area contributed by atoms with Crippen molar-refractivity contribution in [3.8, 4) is 0 Å². The van der Waals surface area contributed by atoms with Crippen LogP contribution in [0.25, 0.3) is 10.2 Å². The van der Waals surface area contributed by atoms with E-state index in [0.717, 1.165) is 21.6 Å². The summed E-state index contributed by atoms with van der Waals surface area (Å²) in [5.41, 5.74) is 0.0740. The topological polar surface area (TPSA) is 58.0 Å². The standard InChI is InChI=1S/C16H17N3OS/c1-16(20,12-5-3-2-4-6-12)8-9-17-14-13-7-10-21-15(13)19-11-18-14/h2-7,10-11,20H,8-9H2,1H3,(H,17,18,19)/t16-/m0/s1. The Morgan fingerprint density at radius 2 is 2.00 bits per heavy atom. The molecule has 2 aromatic heterocycles. The van der Waals surface area contributed by atoms with Gasteiger partial charge in [0.05, 0.1) is 11.0 Å². The van der Waals surface area contributed by atoms with Crippen molar-refractivity contribution in [1.82, 2.24) is 9.97 Å². The van der Waals surface area contributed by atoms with Gasteiger partial charge in [-0.15, -0.1) is 11.3 Å². The van der Waals surface area contributed by atoms with Crippen LogP contribution in [0.15, 0.2) is 48.1 Å². The summed E-state index contributed by atoms with van der Waals surface area (Å²) in [5.74, 6) is 0.824. The molecule has 0 saturated heterocycles. The average molecular weight is 299 g/mol. The van der Waals surface area contributed by atoms with Gasteiger partial charge in [-0.1, -0.05) is 30.3 Å². The Bertz CT molecular complexity index is 724. The van der Waals surface area contributed by atoms with Gasteiger partial charge in [-0.3, -0.25) is 0 Å². The normalized spacial score (nSPS) is 14.0. The molecule has 21 heavy (non-hydrogen) atoms. The summed E-state index contributed by atoms with van der Waals surface area (Å²) < 4.78 is 0. The molecular formula is C16H17N3OS. The van der Waals surface area contributed by atoms with Gasteiger partial charge in [0, 0.05) is 6.54 Å². The number of hydrogen-bond donors (Lipinski definition) is 2. The number of hydrogen-bond acceptors (Lipinski definition) is 5. The van der Waals surface area contributed by atoms with Gasteiger partial charge in [0.25, 0.3) is 0 Å². The number of rotatable bonds is 5. The Labute approximate surface area is 127 Å². The highest BCUT2D eigenvalue weighted by atomic mass is 32.1. The Kier molecular flexibility index (Phi) is 3.86. The molecule has 1 atom stereocenters. The minimum atomic E-state index is -0.852. The van der Waals surface area contributed by atoms with Crippen molar-refractivity contribution in [3.63, 3.8) is 0 Å². The smallest absolute Gasteiger partial charge is 0.138 e. The largest absolute Gasteiger partial charge is 0.385 e. The summed E-state index contributed by atoms with van der Waals surface area (Å²) in [6.45, 7) is 2.48. The molecule has 0 aliphatic heterocycles. The van der Waals surface area contributed by atoms with Gasteiger partial charge in [-0.05, 0) is 30.4 Å². The van der Waals surface area contributed by atoms with Gasteiger partial charge in [0.1, 0.15) is 17.0 Å². The monoisotopic (exact) mass is 299 g/mol. The van der Waals surface area contributed by atoms with Crippen LogP contribution in [0, 0.1) is 0 Å². The van der Waals surface area contributed by atoms with Crippen molar-refractivity contribution in [2.45, 2.75) is 18.9 Å². The van der Waals surface area contributed by atoms with Crippen molar-refractivity contribution in [2.75, 3.05) is 11.9 Å². The lowest BCUT2D eigenvalue weighted by atomic mass is 9.93. The van der Waals surface area contributed by atoms with Crippen LogP contribution in [-0.2, 0) is 5.60 Å². The molecule has 2 N–H and O–H groups in total. The van der Waals surface area contributed by atoms with Crippen LogP contribution in [-0.4, -0.2) is 21.6 Å². The second kappa shape index (κ2) is 5.79. The fraction of sp³-hybridized carbons (Fsp3) is 0.250. The SMILES string of the molecule is C[C@](O)(CCNc1ncnc2sccc12)c1ccccc1. The van der Waals surface area contributed by atoms with Crippen LogP contribution in [0.1, 0.15) is 18.9 Å². The summed E-state index contributed by atoms with van der Waals surface area (Å²) in [5, 5.41) is 16.9. The molecule has 0 spiro atoms. The van der Waals surface area contributed by atoms with Crippen LogP contribution in [0.4, 0.5) is 5.82 Å². The zero-order chi connectivity index (χ0) is 14.7. The van der Waals surface area contributed by atoms with Crippen LogP contribution < -0.4 is 5.32 Å². The molecule has 4 nitrogen and oxygen atoms in total. The van der Waals surface area contributed by atoms with Crippen LogP contribution in [0.5, 0.6) is 0 Å². The van der Waals surface area contributed by atoms with Gasteiger partial charge in [0.2, 0.25) is 0 Å². The van der Waals surface area contributed by atoms with E-state index >= 15 is 0 Å². The van der Waals surface area contributed by atoms with E-state index in [1.807, 2.05) is 48.7 Å². The van der Waals surface area contributed by atoms with E-state index in [9.17, 15) is 5.11 Å². The molecule has 3 aromatic rings. The first-order valence-electron chi connectivity index (χ1n) is 6.87. The number of aromatic nitrogens is 2. The Morgan fingerprint density at radius 3 is 2.81 bits per heavy atom. The molecule has 5 heteroatoms. The third-order valence-corrected chi connectivity index (χ3v) is 4.38. The number of aliphatic hydroxyl groups is 1. The highest BCUT2D eigenvalue weighted by Gasteiger charge is 2.22. The molecule has 0 fully saturated rings. The molecule has 0 bridgehead atoms. The zero-order valence-electron chi connectivity index (χ0n) is 11.8. The summed E-state index contributed by atoms with van der Waals surface area (Å²) in [6.07, 6.45) is 2.17. The number of nitrogens with one attached hydrogen (secondary N) is 1. The van der Waals surface area contributed by atoms with Crippen molar-refractivity contribution in [3.05, 3.63) is 53.7 Å². The van der Waals surface area contributed by atoms with E-state index in [2.05, 4.69) is 15.3 Å². The van der Waals surface area contributed by atoms with Crippen LogP contribution in [0.2, 0.25) is 0 Å². The molecule has 0 aliphatic carbocycles. The van der Waals surface area contributed by atoms with E-state index < -0.39 is 5.60 Å². The second-order valence-electron chi connectivity index (χ2n) is 5.18. The van der Waals surface area contributed by atoms with E-state index in [4.69, 9.17) is 0 Å². The third-order valence-electron chi connectivity index (χ3n) is 3.56. The van der Waals surface area contributed by atoms with Crippen molar-refractivity contribution >= 4 is 27.4 Å². The highest BCUT2D eigenvalue weighted by molar-refractivity contribution is 7.16. The summed E-state index contributed by atoms with van der Waals surface area (Å²) >= 11 is 1.60. The third kappa shape index (κ3) is 3.04. The first-order chi connectivity index (χ1) is 10.2. The number of nitrogens with zero attached hydrogens (tertiary/aromatic N) is 2. The fourth-order valence-electron chi connectivity index (χ4n) is 2.30. The first kappa shape index (κ1) is 14.0. The predicted molar refractivity (Wildman–Crippen MR) is 86.5 cm³/mol. The first-order valence-corrected chi connectivity index (χ1v) is 7.75. The van der Waals surface area contributed by atoms with Crippen molar-refractivity contribution in [2.24, 2.45) is 0 Å². The molecule has 2 heterocycles. The summed E-state index contributed by atoms with van der Waals surface area (Å²) in [4.78, 5) is 9.47. The fourth-order valence-corrected chi connectivity index (χ4v) is 3.03. The lowest BCUT2D eigenvalue weighted by Crippen LogP contribution is -2.24. The van der Waals surface area contributed by atoms with Gasteiger partial charge < -0.3 is 10.4 Å². The molecule has 3 rings (SSSR count). The van der Waals surface area contributed by atoms with Gasteiger partial charge in [-0.2, -0.15) is 0 Å². The number of benzene rings is 1. The van der Waals surface area contributed by atoms with E-state index in [1.165, 1.54) is 0 Å². The molecule has 0 aliphatic rings. The van der Waals surface area contributed by atoms with Gasteiger partial charge in [0.15, 0.2) is 0 Å². The molecule has 108 valence electrons. The molecular weight excluding hydrogens is 282 g/mol. The predicted octanol–water partition coefficient (Wildman–Crippen LogP) is 3.40. The quantitative estimate of drug-likeness (QED) is 0.758. The molecule has 0 unspecified atom stereocenters. The Balaban J connectivity index is 1.67. The van der Waals surface area contributed by atoms with Crippen LogP contribution >= 0.6 is 11.3 Å². The maximum Gasteiger partial charge on any atom is 0.138 e. The minimum Gasteiger partial charge on any atom is -0.385 e. The van der Waals surface area contributed by atoms with E-state index in [1.54, 1.807) is 17.7 Å². The molecule has 0 amide bonds. The second-order valence-corrected chi connectivity index (χ2v) is 6.07. The number of thiophene rings is 1. The summed E-state index contributed by atoms with van der Waals surface area (Å²) in [6, 6.07) is 11.7. The molecule has 1 aromatic carbocycles. The highest BCUT2D eigenvalue weighted by Crippen LogP contribution is 2.26. The lowest BCUT2D eigenvalue weighted by Gasteiger charge is -2.24. The number of fused-ring (bicyclic) bond motifs is 1. The summed E-state index contributed by atoms with van der Waals surface area (Å²) in [7, 11) is 0.